The van der Waals surface area contributed by atoms with E-state index in [0.717, 1.165) is 29.1 Å². The second kappa shape index (κ2) is 8.24. The Morgan fingerprint density at radius 1 is 1.12 bits per heavy atom. The fraction of sp³-hybridized carbons (Fsp3) is 0.263. The van der Waals surface area contributed by atoms with E-state index in [1.54, 1.807) is 34.8 Å². The quantitative estimate of drug-likeness (QED) is 0.430. The molecule has 4 aromatic rings. The molecule has 3 aromatic heterocycles. The molecule has 11 nitrogen and oxygen atoms in total. The molecular formula is C19H16N6O5S2. The van der Waals surface area contributed by atoms with Gasteiger partial charge in [0.15, 0.2) is 5.65 Å². The van der Waals surface area contributed by atoms with Crippen molar-refractivity contribution in [1.29, 1.82) is 0 Å². The number of ether oxygens (including phenoxy) is 1. The summed E-state index contributed by atoms with van der Waals surface area (Å²) in [6.07, 6.45) is 1.36. The molecule has 0 saturated heterocycles. The number of aromatic nitrogens is 5. The number of carboxylic acid groups (broad SMARTS) is 2. The van der Waals surface area contributed by atoms with E-state index in [0.29, 0.717) is 26.9 Å². The van der Waals surface area contributed by atoms with Gasteiger partial charge in [-0.05, 0) is 61.7 Å². The van der Waals surface area contributed by atoms with E-state index in [4.69, 9.17) is 14.9 Å². The van der Waals surface area contributed by atoms with Gasteiger partial charge in [0.2, 0.25) is 16.2 Å². The molecule has 0 atom stereocenters. The molecule has 0 bridgehead atoms. The fourth-order valence-electron chi connectivity index (χ4n) is 3.46. The standard InChI is InChI=1S/C19H16N6O5S2/c26-18(27)24(19(28)29)16-20-12-6-5-11(9-13(12)32-16)31-17-22-21-14-7-8-15(23-25(14)17)30-10-3-1-2-4-10/h5-10H,1-4H2,(H,26,27)(H,28,29). The second-order valence-electron chi connectivity index (χ2n) is 7.08. The maximum absolute atomic E-state index is 11.2. The number of carbonyl (C=O) groups is 2. The number of fused-ring (bicyclic) bond motifs is 2. The molecule has 2 amide bonds. The van der Waals surface area contributed by atoms with Gasteiger partial charge in [-0.25, -0.2) is 14.6 Å². The number of thiazole rings is 1. The molecule has 3 heterocycles. The lowest BCUT2D eigenvalue weighted by Crippen LogP contribution is -2.34. The highest BCUT2D eigenvalue weighted by Crippen LogP contribution is 2.34. The van der Waals surface area contributed by atoms with Gasteiger partial charge in [-0.3, -0.25) is 0 Å². The predicted octanol–water partition coefficient (Wildman–Crippen LogP) is 4.37. The van der Waals surface area contributed by atoms with Crippen LogP contribution in [0, 0.1) is 0 Å². The first kappa shape index (κ1) is 20.5. The monoisotopic (exact) mass is 472 g/mol. The summed E-state index contributed by atoms with van der Waals surface area (Å²) in [5.74, 6) is 0.524. The van der Waals surface area contributed by atoms with Crippen LogP contribution in [0.2, 0.25) is 0 Å². The molecule has 0 spiro atoms. The van der Waals surface area contributed by atoms with Crippen molar-refractivity contribution in [3.05, 3.63) is 30.3 Å². The van der Waals surface area contributed by atoms with Gasteiger partial charge in [0.25, 0.3) is 0 Å². The summed E-state index contributed by atoms with van der Waals surface area (Å²) in [7, 11) is 0. The predicted molar refractivity (Wildman–Crippen MR) is 116 cm³/mol. The summed E-state index contributed by atoms with van der Waals surface area (Å²) >= 11 is 2.30. The average Bonchev–Trinajstić information content (AvgIpc) is 3.48. The first-order valence-corrected chi connectivity index (χ1v) is 11.3. The summed E-state index contributed by atoms with van der Waals surface area (Å²) in [4.78, 5) is 27.6. The lowest BCUT2D eigenvalue weighted by molar-refractivity contribution is 0.184. The van der Waals surface area contributed by atoms with Gasteiger partial charge in [0.1, 0.15) is 6.10 Å². The van der Waals surface area contributed by atoms with Crippen LogP contribution in [0.15, 0.2) is 40.4 Å². The first-order valence-electron chi connectivity index (χ1n) is 9.71. The van der Waals surface area contributed by atoms with Gasteiger partial charge in [-0.2, -0.15) is 9.42 Å². The number of rotatable bonds is 5. The van der Waals surface area contributed by atoms with Crippen LogP contribution < -0.4 is 9.64 Å². The largest absolute Gasteiger partial charge is 0.473 e. The number of benzene rings is 1. The van der Waals surface area contributed by atoms with Crippen molar-refractivity contribution in [3.8, 4) is 5.88 Å². The van der Waals surface area contributed by atoms with Gasteiger partial charge in [-0.1, -0.05) is 11.3 Å². The Kier molecular flexibility index (Phi) is 5.27. The van der Waals surface area contributed by atoms with Gasteiger partial charge >= 0.3 is 12.2 Å². The minimum absolute atomic E-state index is 0.134. The van der Waals surface area contributed by atoms with E-state index < -0.39 is 12.2 Å². The highest BCUT2D eigenvalue weighted by Gasteiger charge is 2.26. The topological polar surface area (TPSA) is 143 Å². The van der Waals surface area contributed by atoms with Gasteiger partial charge in [-0.15, -0.1) is 15.3 Å². The smallest absolute Gasteiger partial charge is 0.423 e. The SMILES string of the molecule is O=C(O)N(C(=O)O)c1nc2ccc(Sc3nnc4ccc(OC5CCCC5)nn34)cc2s1. The molecule has 164 valence electrons. The minimum Gasteiger partial charge on any atom is -0.473 e. The van der Waals surface area contributed by atoms with Crippen molar-refractivity contribution < 1.29 is 24.5 Å². The first-order chi connectivity index (χ1) is 15.5. The Morgan fingerprint density at radius 3 is 2.66 bits per heavy atom. The minimum atomic E-state index is -1.61. The van der Waals surface area contributed by atoms with Crippen molar-refractivity contribution in [2.45, 2.75) is 41.8 Å². The van der Waals surface area contributed by atoms with Crippen molar-refractivity contribution >= 4 is 56.3 Å². The van der Waals surface area contributed by atoms with Crippen molar-refractivity contribution in [2.24, 2.45) is 0 Å². The number of amides is 2. The molecule has 13 heteroatoms. The molecule has 0 aliphatic heterocycles. The van der Waals surface area contributed by atoms with Crippen LogP contribution in [0.1, 0.15) is 25.7 Å². The molecule has 0 radical (unpaired) electrons. The van der Waals surface area contributed by atoms with Crippen LogP contribution in [-0.2, 0) is 0 Å². The highest BCUT2D eigenvalue weighted by atomic mass is 32.2. The molecule has 1 aromatic carbocycles. The Hall–Kier alpha value is -3.45. The zero-order valence-electron chi connectivity index (χ0n) is 16.4. The third-order valence-corrected chi connectivity index (χ3v) is 6.86. The molecule has 1 saturated carbocycles. The van der Waals surface area contributed by atoms with Crippen LogP contribution in [-0.4, -0.2) is 53.3 Å². The molecule has 32 heavy (non-hydrogen) atoms. The Labute approximate surface area is 188 Å². The summed E-state index contributed by atoms with van der Waals surface area (Å²) in [6.45, 7) is 0. The molecule has 1 aliphatic carbocycles. The number of hydrogen-bond donors (Lipinski definition) is 2. The third-order valence-electron chi connectivity index (χ3n) is 4.93. The van der Waals surface area contributed by atoms with Gasteiger partial charge in [0.05, 0.1) is 10.2 Å². The zero-order valence-corrected chi connectivity index (χ0v) is 18.0. The van der Waals surface area contributed by atoms with E-state index >= 15 is 0 Å². The molecule has 5 rings (SSSR count). The van der Waals surface area contributed by atoms with Crippen LogP contribution in [0.4, 0.5) is 14.7 Å². The van der Waals surface area contributed by atoms with E-state index in [1.807, 2.05) is 0 Å². The second-order valence-corrected chi connectivity index (χ2v) is 9.13. The summed E-state index contributed by atoms with van der Waals surface area (Å²) in [6, 6.07) is 8.88. The summed E-state index contributed by atoms with van der Waals surface area (Å²) < 4.78 is 8.24. The van der Waals surface area contributed by atoms with Gasteiger partial charge in [0, 0.05) is 11.0 Å². The van der Waals surface area contributed by atoms with E-state index in [-0.39, 0.29) is 16.1 Å². The number of nitrogens with zero attached hydrogens (tertiary/aromatic N) is 6. The summed E-state index contributed by atoms with van der Waals surface area (Å²) in [5.41, 5.74) is 1.09. The summed E-state index contributed by atoms with van der Waals surface area (Å²) in [5, 5.41) is 31.5. The normalized spacial score (nSPS) is 14.2. The Morgan fingerprint density at radius 2 is 1.91 bits per heavy atom. The van der Waals surface area contributed by atoms with E-state index in [1.165, 1.54) is 24.6 Å². The Balaban J connectivity index is 1.42. The lowest BCUT2D eigenvalue weighted by atomic mass is 10.3. The van der Waals surface area contributed by atoms with Gasteiger partial charge < -0.3 is 14.9 Å². The van der Waals surface area contributed by atoms with Crippen molar-refractivity contribution in [1.82, 2.24) is 24.8 Å². The highest BCUT2D eigenvalue weighted by molar-refractivity contribution is 7.99. The van der Waals surface area contributed by atoms with Crippen LogP contribution >= 0.6 is 23.1 Å². The van der Waals surface area contributed by atoms with Crippen molar-refractivity contribution in [2.75, 3.05) is 4.90 Å². The zero-order chi connectivity index (χ0) is 22.2. The maximum Gasteiger partial charge on any atom is 0.423 e. The lowest BCUT2D eigenvalue weighted by Gasteiger charge is -2.11. The van der Waals surface area contributed by atoms with Crippen LogP contribution in [0.25, 0.3) is 15.9 Å². The van der Waals surface area contributed by atoms with E-state index in [9.17, 15) is 9.59 Å². The number of anilines is 1. The molecule has 2 N–H and O–H groups in total. The molecule has 1 fully saturated rings. The average molecular weight is 473 g/mol. The molecule has 0 unspecified atom stereocenters. The molecular weight excluding hydrogens is 456 g/mol. The van der Waals surface area contributed by atoms with E-state index in [2.05, 4.69) is 20.3 Å². The maximum atomic E-state index is 11.2. The van der Waals surface area contributed by atoms with Crippen LogP contribution in [0.5, 0.6) is 5.88 Å². The van der Waals surface area contributed by atoms with Crippen molar-refractivity contribution in [3.63, 3.8) is 0 Å². The Bertz CT molecular complexity index is 1320. The fourth-order valence-corrected chi connectivity index (χ4v) is 5.35. The van der Waals surface area contributed by atoms with Crippen LogP contribution in [0.3, 0.4) is 0 Å². The molecule has 1 aliphatic rings. The number of imide groups is 1. The number of hydrogen-bond acceptors (Lipinski definition) is 9. The third kappa shape index (κ3) is 3.91.